The summed E-state index contributed by atoms with van der Waals surface area (Å²) in [6, 6.07) is 16.4. The van der Waals surface area contributed by atoms with Gasteiger partial charge >= 0.3 is 17.9 Å². The van der Waals surface area contributed by atoms with Crippen molar-refractivity contribution in [2.24, 2.45) is 5.41 Å². The predicted molar refractivity (Wildman–Crippen MR) is 166 cm³/mol. The summed E-state index contributed by atoms with van der Waals surface area (Å²) in [7, 11) is 1.18. The number of allylic oxidation sites excluding steroid dienone is 1. The van der Waals surface area contributed by atoms with Crippen LogP contribution in [0.4, 0.5) is 5.69 Å². The Kier molecular flexibility index (Phi) is 10.1. The SMILES string of the molecule is COC(=O)C1=C(C)NC(C)C(CCOC(=O)/C(C)=C/c2ccc(Cc3cccnc3)cc2)(C(=O)O)C1c1cccc([N+](=O)[O-])c1. The van der Waals surface area contributed by atoms with Gasteiger partial charge in [0.15, 0.2) is 0 Å². The molecule has 1 aromatic heterocycles. The van der Waals surface area contributed by atoms with Gasteiger partial charge in [0, 0.05) is 54.2 Å². The summed E-state index contributed by atoms with van der Waals surface area (Å²) in [5.74, 6) is -3.80. The van der Waals surface area contributed by atoms with Crippen LogP contribution in [0.3, 0.4) is 0 Å². The number of carboxylic acids is 1. The number of hydrogen-bond acceptors (Lipinski definition) is 9. The topological polar surface area (TPSA) is 158 Å². The zero-order valence-electron chi connectivity index (χ0n) is 25.5. The molecule has 45 heavy (non-hydrogen) atoms. The molecule has 3 atom stereocenters. The van der Waals surface area contributed by atoms with Crippen LogP contribution in [0, 0.1) is 15.5 Å². The monoisotopic (exact) mass is 613 g/mol. The van der Waals surface area contributed by atoms with Gasteiger partial charge in [-0.3, -0.25) is 19.9 Å². The fraction of sp³-hybridized carbons (Fsp3) is 0.294. The van der Waals surface area contributed by atoms with E-state index in [4.69, 9.17) is 9.47 Å². The Labute approximate surface area is 260 Å². The number of non-ortho nitro benzene ring substituents is 1. The molecule has 11 nitrogen and oxygen atoms in total. The first-order valence-corrected chi connectivity index (χ1v) is 14.3. The number of nitrogens with zero attached hydrogens (tertiary/aromatic N) is 2. The van der Waals surface area contributed by atoms with E-state index in [-0.39, 0.29) is 29.9 Å². The van der Waals surface area contributed by atoms with Crippen LogP contribution in [0.25, 0.3) is 6.08 Å². The normalized spacial score (nSPS) is 19.8. The highest BCUT2D eigenvalue weighted by molar-refractivity contribution is 5.95. The second-order valence-electron chi connectivity index (χ2n) is 11.0. The van der Waals surface area contributed by atoms with Gasteiger partial charge in [-0.1, -0.05) is 42.5 Å². The van der Waals surface area contributed by atoms with E-state index in [2.05, 4.69) is 10.3 Å². The molecule has 0 amide bonds. The first-order chi connectivity index (χ1) is 21.5. The van der Waals surface area contributed by atoms with Gasteiger partial charge in [0.1, 0.15) is 5.41 Å². The molecule has 2 N–H and O–H groups in total. The number of ether oxygens (including phenoxy) is 2. The van der Waals surface area contributed by atoms with Crippen LogP contribution in [0.5, 0.6) is 0 Å². The summed E-state index contributed by atoms with van der Waals surface area (Å²) >= 11 is 0. The number of rotatable bonds is 11. The van der Waals surface area contributed by atoms with Crippen LogP contribution in [0.2, 0.25) is 0 Å². The Morgan fingerprint density at radius 1 is 1.11 bits per heavy atom. The molecule has 4 rings (SSSR count). The zero-order chi connectivity index (χ0) is 32.7. The molecule has 3 unspecified atom stereocenters. The second-order valence-corrected chi connectivity index (χ2v) is 11.0. The quantitative estimate of drug-likeness (QED) is 0.127. The van der Waals surface area contributed by atoms with Crippen molar-refractivity contribution in [2.45, 2.75) is 45.6 Å². The molecule has 11 heteroatoms. The second kappa shape index (κ2) is 14.0. The number of pyridine rings is 1. The fourth-order valence-corrected chi connectivity index (χ4v) is 5.90. The van der Waals surface area contributed by atoms with E-state index >= 15 is 0 Å². The molecular formula is C34H35N3O8. The van der Waals surface area contributed by atoms with E-state index in [1.165, 1.54) is 25.3 Å². The molecule has 1 aliphatic rings. The van der Waals surface area contributed by atoms with Gasteiger partial charge in [-0.05, 0) is 61.6 Å². The van der Waals surface area contributed by atoms with Gasteiger partial charge in [-0.15, -0.1) is 0 Å². The van der Waals surface area contributed by atoms with Crippen LogP contribution in [0.15, 0.2) is 89.9 Å². The van der Waals surface area contributed by atoms with Crippen molar-refractivity contribution in [3.8, 4) is 0 Å². The number of nitro groups is 1. The Morgan fingerprint density at radius 3 is 2.47 bits per heavy atom. The molecule has 0 saturated heterocycles. The minimum absolute atomic E-state index is 0.0351. The molecule has 0 bridgehead atoms. The van der Waals surface area contributed by atoms with Crippen molar-refractivity contribution in [2.75, 3.05) is 13.7 Å². The smallest absolute Gasteiger partial charge is 0.336 e. The van der Waals surface area contributed by atoms with Gasteiger partial charge in [0.05, 0.1) is 24.2 Å². The van der Waals surface area contributed by atoms with Crippen molar-refractivity contribution in [3.05, 3.63) is 122 Å². The molecule has 0 radical (unpaired) electrons. The van der Waals surface area contributed by atoms with Gasteiger partial charge in [0.2, 0.25) is 0 Å². The van der Waals surface area contributed by atoms with Crippen LogP contribution in [-0.2, 0) is 30.3 Å². The largest absolute Gasteiger partial charge is 0.481 e. The molecule has 0 spiro atoms. The van der Waals surface area contributed by atoms with Crippen LogP contribution in [0.1, 0.15) is 55.4 Å². The average molecular weight is 614 g/mol. The number of esters is 2. The predicted octanol–water partition coefficient (Wildman–Crippen LogP) is 5.21. The Morgan fingerprint density at radius 2 is 1.84 bits per heavy atom. The van der Waals surface area contributed by atoms with Gasteiger partial charge in [-0.25, -0.2) is 9.59 Å². The standard InChI is InChI=1S/C34H35N3O8/c1-21(17-24-10-12-25(13-11-24)18-26-7-6-15-35-20-26)31(38)45-16-14-34(33(40)41)23(3)36-22(2)29(32(39)44-4)30(34)27-8-5-9-28(19-27)37(42)43/h5-13,15,17,19-20,23,30,36H,14,16,18H2,1-4H3,(H,40,41)/b21-17+. The first-order valence-electron chi connectivity index (χ1n) is 14.3. The Balaban J connectivity index is 1.57. The third-order valence-corrected chi connectivity index (χ3v) is 8.20. The summed E-state index contributed by atoms with van der Waals surface area (Å²) in [5, 5.41) is 25.4. The fourth-order valence-electron chi connectivity index (χ4n) is 5.90. The van der Waals surface area contributed by atoms with E-state index < -0.39 is 40.2 Å². The number of aromatic nitrogens is 1. The van der Waals surface area contributed by atoms with E-state index in [9.17, 15) is 29.6 Å². The summed E-state index contributed by atoms with van der Waals surface area (Å²) in [6.45, 7) is 4.60. The van der Waals surface area contributed by atoms with Gasteiger partial charge < -0.3 is 19.9 Å². The molecule has 234 valence electrons. The molecule has 1 aliphatic heterocycles. The number of hydrogen-bond donors (Lipinski definition) is 2. The number of carboxylic acid groups (broad SMARTS) is 1. The molecule has 2 aromatic carbocycles. The summed E-state index contributed by atoms with van der Waals surface area (Å²) in [6.07, 6.45) is 5.74. The molecular weight excluding hydrogens is 578 g/mol. The number of carbonyl (C=O) groups excluding carboxylic acids is 2. The summed E-state index contributed by atoms with van der Waals surface area (Å²) in [5.41, 5.74) is 1.98. The Bertz CT molecular complexity index is 1650. The Hall–Kier alpha value is -5.32. The average Bonchev–Trinajstić information content (AvgIpc) is 3.02. The van der Waals surface area contributed by atoms with E-state index in [1.54, 1.807) is 39.1 Å². The van der Waals surface area contributed by atoms with Gasteiger partial charge in [0.25, 0.3) is 5.69 Å². The number of nitrogens with one attached hydrogen (secondary N) is 1. The number of carbonyl (C=O) groups is 3. The lowest BCUT2D eigenvalue weighted by Gasteiger charge is -2.47. The molecule has 0 aliphatic carbocycles. The maximum Gasteiger partial charge on any atom is 0.336 e. The van der Waals surface area contributed by atoms with Crippen molar-refractivity contribution in [1.82, 2.24) is 10.3 Å². The van der Waals surface area contributed by atoms with E-state index in [0.717, 1.165) is 23.1 Å². The lowest BCUT2D eigenvalue weighted by atomic mass is 9.60. The van der Waals surface area contributed by atoms with Crippen LogP contribution < -0.4 is 5.32 Å². The zero-order valence-corrected chi connectivity index (χ0v) is 25.5. The lowest BCUT2D eigenvalue weighted by Crippen LogP contribution is -2.57. The van der Waals surface area contributed by atoms with Crippen molar-refractivity contribution in [1.29, 1.82) is 0 Å². The van der Waals surface area contributed by atoms with Crippen LogP contribution in [-0.4, -0.2) is 52.7 Å². The third kappa shape index (κ3) is 7.09. The van der Waals surface area contributed by atoms with Crippen molar-refractivity contribution in [3.63, 3.8) is 0 Å². The minimum atomic E-state index is -1.74. The van der Waals surface area contributed by atoms with E-state index in [1.807, 2.05) is 42.6 Å². The highest BCUT2D eigenvalue weighted by atomic mass is 16.6. The van der Waals surface area contributed by atoms with Crippen LogP contribution >= 0.6 is 0 Å². The van der Waals surface area contributed by atoms with Crippen molar-refractivity contribution >= 4 is 29.7 Å². The summed E-state index contributed by atoms with van der Waals surface area (Å²) < 4.78 is 10.6. The summed E-state index contributed by atoms with van der Waals surface area (Å²) in [4.78, 5) is 54.2. The number of aliphatic carboxylic acids is 1. The maximum absolute atomic E-state index is 13.1. The van der Waals surface area contributed by atoms with E-state index in [0.29, 0.717) is 11.3 Å². The molecule has 0 saturated carbocycles. The van der Waals surface area contributed by atoms with Gasteiger partial charge in [-0.2, -0.15) is 0 Å². The highest BCUT2D eigenvalue weighted by Crippen LogP contribution is 2.51. The highest BCUT2D eigenvalue weighted by Gasteiger charge is 2.56. The number of benzene rings is 2. The van der Waals surface area contributed by atoms with Crippen molar-refractivity contribution < 1.29 is 33.9 Å². The minimum Gasteiger partial charge on any atom is -0.481 e. The first kappa shape index (κ1) is 32.6. The third-order valence-electron chi connectivity index (χ3n) is 8.20. The molecule has 3 aromatic rings. The molecule has 0 fully saturated rings. The lowest BCUT2D eigenvalue weighted by molar-refractivity contribution is -0.384. The maximum atomic E-state index is 13.1. The number of methoxy groups -OCH3 is 1. The molecule has 2 heterocycles. The number of nitro benzene ring substituents is 1.